The van der Waals surface area contributed by atoms with Gasteiger partial charge >= 0.3 is 6.09 Å². The van der Waals surface area contributed by atoms with E-state index in [0.717, 1.165) is 0 Å². The maximum atomic E-state index is 11.2. The summed E-state index contributed by atoms with van der Waals surface area (Å²) in [5.41, 5.74) is 6.15. The number of hydrogen-bond acceptors (Lipinski definition) is 4. The van der Waals surface area contributed by atoms with Crippen molar-refractivity contribution in [3.05, 3.63) is 23.6 Å². The highest BCUT2D eigenvalue weighted by molar-refractivity contribution is 5.97. The molecule has 2 aliphatic rings. The molecule has 1 unspecified atom stereocenters. The first-order valence-electron chi connectivity index (χ1n) is 3.86. The highest BCUT2D eigenvalue weighted by atomic mass is 16.6. The molecule has 0 bridgehead atoms. The molecule has 0 spiro atoms. The number of amides is 2. The van der Waals surface area contributed by atoms with Crippen LogP contribution in [0.2, 0.25) is 0 Å². The molecule has 1 atom stereocenters. The van der Waals surface area contributed by atoms with Crippen molar-refractivity contribution in [2.45, 2.75) is 6.42 Å². The molecular weight excluding hydrogens is 172 g/mol. The standard InChI is InChI=1S/C8H8N2O3/c9-4-1-2-6-5(3-4)7(11)10-8(12)13-6/h1-2,5H,3,9H2,(H,10,11,12). The van der Waals surface area contributed by atoms with Gasteiger partial charge in [0.2, 0.25) is 5.91 Å². The Labute approximate surface area is 74.2 Å². The molecule has 2 amide bonds. The fourth-order valence-electron chi connectivity index (χ4n) is 1.36. The van der Waals surface area contributed by atoms with Crippen LogP contribution < -0.4 is 11.1 Å². The number of carbonyl (C=O) groups is 2. The first kappa shape index (κ1) is 7.85. The van der Waals surface area contributed by atoms with Gasteiger partial charge in [0.25, 0.3) is 0 Å². The number of carbonyl (C=O) groups excluding carboxylic acids is 2. The average molecular weight is 180 g/mol. The molecule has 1 saturated heterocycles. The average Bonchev–Trinajstić information content (AvgIpc) is 2.06. The van der Waals surface area contributed by atoms with Gasteiger partial charge in [-0.15, -0.1) is 0 Å². The Bertz CT molecular complexity index is 343. The maximum Gasteiger partial charge on any atom is 0.419 e. The molecule has 1 fully saturated rings. The lowest BCUT2D eigenvalue weighted by molar-refractivity contribution is -0.125. The van der Waals surface area contributed by atoms with Gasteiger partial charge in [0.05, 0.1) is 0 Å². The van der Waals surface area contributed by atoms with Crippen molar-refractivity contribution in [2.75, 3.05) is 0 Å². The van der Waals surface area contributed by atoms with Gasteiger partial charge in [0.15, 0.2) is 0 Å². The van der Waals surface area contributed by atoms with E-state index in [2.05, 4.69) is 5.32 Å². The maximum absolute atomic E-state index is 11.2. The summed E-state index contributed by atoms with van der Waals surface area (Å²) >= 11 is 0. The van der Waals surface area contributed by atoms with Crippen LogP contribution in [0, 0.1) is 5.92 Å². The largest absolute Gasteiger partial charge is 0.419 e. The molecule has 2 rings (SSSR count). The van der Waals surface area contributed by atoms with Gasteiger partial charge in [-0.1, -0.05) is 0 Å². The summed E-state index contributed by atoms with van der Waals surface area (Å²) in [6.45, 7) is 0. The zero-order chi connectivity index (χ0) is 9.42. The first-order valence-corrected chi connectivity index (χ1v) is 3.86. The van der Waals surface area contributed by atoms with E-state index >= 15 is 0 Å². The Hall–Kier alpha value is -1.78. The lowest BCUT2D eigenvalue weighted by Crippen LogP contribution is -2.44. The predicted molar refractivity (Wildman–Crippen MR) is 43.1 cm³/mol. The summed E-state index contributed by atoms with van der Waals surface area (Å²) in [4.78, 5) is 22.0. The van der Waals surface area contributed by atoms with Crippen molar-refractivity contribution in [2.24, 2.45) is 11.7 Å². The van der Waals surface area contributed by atoms with Gasteiger partial charge in [0.1, 0.15) is 11.7 Å². The van der Waals surface area contributed by atoms with Gasteiger partial charge in [-0.3, -0.25) is 10.1 Å². The van der Waals surface area contributed by atoms with Crippen LogP contribution in [0.5, 0.6) is 0 Å². The third kappa shape index (κ3) is 1.28. The van der Waals surface area contributed by atoms with Crippen molar-refractivity contribution in [3.8, 4) is 0 Å². The van der Waals surface area contributed by atoms with Crippen LogP contribution in [-0.4, -0.2) is 12.0 Å². The number of fused-ring (bicyclic) bond motifs is 1. The lowest BCUT2D eigenvalue weighted by Gasteiger charge is -2.25. The molecule has 5 heteroatoms. The van der Waals surface area contributed by atoms with Crippen LogP contribution in [0.25, 0.3) is 0 Å². The molecule has 68 valence electrons. The smallest absolute Gasteiger partial charge is 0.414 e. The van der Waals surface area contributed by atoms with E-state index in [0.29, 0.717) is 17.9 Å². The normalized spacial score (nSPS) is 26.6. The molecule has 0 aromatic rings. The van der Waals surface area contributed by atoms with Crippen molar-refractivity contribution >= 4 is 12.0 Å². The van der Waals surface area contributed by atoms with Crippen LogP contribution in [0.3, 0.4) is 0 Å². The number of ether oxygens (including phenoxy) is 1. The number of hydrogen-bond donors (Lipinski definition) is 2. The fraction of sp³-hybridized carbons (Fsp3) is 0.250. The number of nitrogens with one attached hydrogen (secondary N) is 1. The Morgan fingerprint density at radius 1 is 1.46 bits per heavy atom. The zero-order valence-electron chi connectivity index (χ0n) is 6.74. The van der Waals surface area contributed by atoms with Crippen LogP contribution in [0.4, 0.5) is 4.79 Å². The first-order chi connectivity index (χ1) is 6.16. The third-order valence-electron chi connectivity index (χ3n) is 2.00. The van der Waals surface area contributed by atoms with Gasteiger partial charge in [-0.05, 0) is 12.2 Å². The summed E-state index contributed by atoms with van der Waals surface area (Å²) in [6.07, 6.45) is 2.88. The second-order valence-corrected chi connectivity index (χ2v) is 2.95. The van der Waals surface area contributed by atoms with Crippen molar-refractivity contribution < 1.29 is 14.3 Å². The Balaban J connectivity index is 2.31. The van der Waals surface area contributed by atoms with Crippen molar-refractivity contribution in [1.29, 1.82) is 0 Å². The minimum Gasteiger partial charge on any atom is -0.414 e. The molecule has 0 radical (unpaired) electrons. The number of allylic oxidation sites excluding steroid dienone is 3. The Morgan fingerprint density at radius 2 is 2.23 bits per heavy atom. The number of nitrogens with two attached hydrogens (primary N) is 1. The summed E-state index contributed by atoms with van der Waals surface area (Å²) in [5.74, 6) is -0.413. The quantitative estimate of drug-likeness (QED) is 0.549. The van der Waals surface area contributed by atoms with E-state index in [1.54, 1.807) is 12.2 Å². The number of alkyl carbamates (subject to hydrolysis) is 1. The van der Waals surface area contributed by atoms with Crippen molar-refractivity contribution in [3.63, 3.8) is 0 Å². The lowest BCUT2D eigenvalue weighted by atomic mass is 9.95. The monoisotopic (exact) mass is 180 g/mol. The molecule has 1 aliphatic heterocycles. The van der Waals surface area contributed by atoms with Crippen molar-refractivity contribution in [1.82, 2.24) is 5.32 Å². The van der Waals surface area contributed by atoms with Gasteiger partial charge in [0, 0.05) is 12.1 Å². The molecule has 13 heavy (non-hydrogen) atoms. The fourth-order valence-corrected chi connectivity index (χ4v) is 1.36. The molecule has 1 aliphatic carbocycles. The second kappa shape index (κ2) is 2.62. The SMILES string of the molecule is NC1=CC=C2OC(=O)NC(=O)C2C1. The van der Waals surface area contributed by atoms with E-state index in [1.165, 1.54) is 0 Å². The van der Waals surface area contributed by atoms with Crippen LogP contribution in [0.1, 0.15) is 6.42 Å². The van der Waals surface area contributed by atoms with Gasteiger partial charge < -0.3 is 10.5 Å². The van der Waals surface area contributed by atoms with Gasteiger partial charge in [-0.2, -0.15) is 0 Å². The summed E-state index contributed by atoms with van der Waals surface area (Å²) in [5, 5.41) is 2.08. The summed E-state index contributed by atoms with van der Waals surface area (Å²) in [6, 6.07) is 0. The molecule has 0 saturated carbocycles. The van der Waals surface area contributed by atoms with Crippen LogP contribution >= 0.6 is 0 Å². The van der Waals surface area contributed by atoms with Crippen LogP contribution in [0.15, 0.2) is 23.6 Å². The molecule has 3 N–H and O–H groups in total. The van der Waals surface area contributed by atoms with E-state index in [4.69, 9.17) is 10.5 Å². The molecule has 5 nitrogen and oxygen atoms in total. The highest BCUT2D eigenvalue weighted by Gasteiger charge is 2.34. The zero-order valence-corrected chi connectivity index (χ0v) is 6.74. The summed E-state index contributed by atoms with van der Waals surface area (Å²) in [7, 11) is 0. The minimum atomic E-state index is -0.721. The molecule has 0 aromatic heterocycles. The highest BCUT2D eigenvalue weighted by Crippen LogP contribution is 2.26. The Morgan fingerprint density at radius 3 is 3.00 bits per heavy atom. The summed E-state index contributed by atoms with van der Waals surface area (Å²) < 4.78 is 4.80. The molecule has 0 aromatic carbocycles. The minimum absolute atomic E-state index is 0.349. The third-order valence-corrected chi connectivity index (χ3v) is 2.00. The van der Waals surface area contributed by atoms with E-state index in [9.17, 15) is 9.59 Å². The molecule has 1 heterocycles. The number of imide groups is 1. The predicted octanol–water partition coefficient (Wildman–Crippen LogP) is -0.000800. The van der Waals surface area contributed by atoms with Crippen LogP contribution in [-0.2, 0) is 9.53 Å². The van der Waals surface area contributed by atoms with Gasteiger partial charge in [-0.25, -0.2) is 4.79 Å². The topological polar surface area (TPSA) is 81.4 Å². The van der Waals surface area contributed by atoms with E-state index in [-0.39, 0.29) is 5.91 Å². The Kier molecular flexibility index (Phi) is 1.58. The second-order valence-electron chi connectivity index (χ2n) is 2.95. The van der Waals surface area contributed by atoms with E-state index in [1.807, 2.05) is 0 Å². The molecular formula is C8H8N2O3. The number of rotatable bonds is 0. The van der Waals surface area contributed by atoms with E-state index < -0.39 is 12.0 Å².